The van der Waals surface area contributed by atoms with E-state index in [1.54, 1.807) is 0 Å². The molecule has 0 amide bonds. The smallest absolute Gasteiger partial charge is 0.198 e. The van der Waals surface area contributed by atoms with Crippen molar-refractivity contribution in [2.24, 2.45) is 10.8 Å². The molecule has 1 rings (SSSR count). The van der Waals surface area contributed by atoms with E-state index >= 15 is 0 Å². The molecule has 0 unspecified atom stereocenters. The molecule has 14 heavy (non-hydrogen) atoms. The van der Waals surface area contributed by atoms with E-state index in [1.165, 1.54) is 11.9 Å². The predicted molar refractivity (Wildman–Crippen MR) is 63.2 cm³/mol. The van der Waals surface area contributed by atoms with Crippen molar-refractivity contribution in [2.45, 2.75) is 6.92 Å². The number of anilines is 1. The fourth-order valence-electron chi connectivity index (χ4n) is 0.889. The van der Waals surface area contributed by atoms with Gasteiger partial charge in [0.25, 0.3) is 0 Å². The van der Waals surface area contributed by atoms with Crippen molar-refractivity contribution in [1.82, 2.24) is 5.43 Å². The van der Waals surface area contributed by atoms with E-state index in [4.69, 9.17) is 18.1 Å². The second kappa shape index (κ2) is 5.31. The largest absolute Gasteiger partial charge is 0.331 e. The van der Waals surface area contributed by atoms with Gasteiger partial charge in [0.15, 0.2) is 5.11 Å². The second-order valence-electron chi connectivity index (χ2n) is 2.72. The molecule has 0 bridgehead atoms. The molecule has 1 aromatic carbocycles. The fraction of sp³-hybridized carbons (Fsp3) is 0.111. The summed E-state index contributed by atoms with van der Waals surface area (Å²) in [5, 5.41) is 3.31. The lowest BCUT2D eigenvalue weighted by molar-refractivity contribution is 1.06. The third-order valence-corrected chi connectivity index (χ3v) is 1.77. The lowest BCUT2D eigenvalue weighted by atomic mass is 10.2. The fourth-order valence-corrected chi connectivity index (χ4v) is 1.06. The maximum absolute atomic E-state index is 5.00. The molecule has 0 saturated heterocycles. The monoisotopic (exact) mass is 208 g/mol. The molecule has 4 nitrogen and oxygen atoms in total. The van der Waals surface area contributed by atoms with Gasteiger partial charge in [-0.25, -0.2) is 10.8 Å². The lowest BCUT2D eigenvalue weighted by Crippen LogP contribution is -2.20. The number of nitrogens with two attached hydrogens (primary N) is 1. The van der Waals surface area contributed by atoms with Gasteiger partial charge in [0.1, 0.15) is 6.34 Å². The first-order valence-corrected chi connectivity index (χ1v) is 4.49. The zero-order valence-corrected chi connectivity index (χ0v) is 8.64. The van der Waals surface area contributed by atoms with Crippen LogP contribution in [0.1, 0.15) is 5.56 Å². The average molecular weight is 208 g/mol. The van der Waals surface area contributed by atoms with Crippen LogP contribution >= 0.6 is 12.2 Å². The summed E-state index contributed by atoms with van der Waals surface area (Å²) in [6.45, 7) is 2.03. The molecule has 0 aliphatic rings. The van der Waals surface area contributed by atoms with Crippen molar-refractivity contribution in [3.8, 4) is 0 Å². The third-order valence-electron chi connectivity index (χ3n) is 1.56. The molecule has 0 saturated carbocycles. The molecule has 0 radical (unpaired) electrons. The Bertz CT molecular complexity index is 331. The highest BCUT2D eigenvalue weighted by molar-refractivity contribution is 7.80. The van der Waals surface area contributed by atoms with Crippen LogP contribution in [0, 0.1) is 6.92 Å². The minimum atomic E-state index is 0.367. The number of nitrogens with zero attached hydrogens (tertiary/aromatic N) is 1. The van der Waals surface area contributed by atoms with Crippen LogP contribution in [0.15, 0.2) is 29.3 Å². The summed E-state index contributed by atoms with van der Waals surface area (Å²) < 4.78 is 0. The van der Waals surface area contributed by atoms with Gasteiger partial charge in [0, 0.05) is 5.69 Å². The van der Waals surface area contributed by atoms with Crippen molar-refractivity contribution >= 4 is 29.4 Å². The third kappa shape index (κ3) is 3.51. The number of aliphatic imine (C=N–C) groups is 1. The topological polar surface area (TPSA) is 62.4 Å². The number of hydrazine groups is 1. The molecular formula is C9H12N4S. The first-order valence-electron chi connectivity index (χ1n) is 4.08. The van der Waals surface area contributed by atoms with E-state index in [-0.39, 0.29) is 0 Å². The molecule has 74 valence electrons. The Morgan fingerprint density at radius 2 is 2.07 bits per heavy atom. The lowest BCUT2D eigenvalue weighted by Gasteiger charge is -2.03. The molecule has 0 fully saturated rings. The first kappa shape index (κ1) is 10.6. The van der Waals surface area contributed by atoms with Crippen molar-refractivity contribution in [3.05, 3.63) is 29.8 Å². The molecule has 0 heterocycles. The number of hydrogen-bond acceptors (Lipinski definition) is 2. The molecule has 4 N–H and O–H groups in total. The predicted octanol–water partition coefficient (Wildman–Crippen LogP) is 1.18. The van der Waals surface area contributed by atoms with Crippen LogP contribution in [-0.2, 0) is 0 Å². The van der Waals surface area contributed by atoms with Gasteiger partial charge in [-0.3, -0.25) is 0 Å². The number of rotatable bonds is 2. The highest BCUT2D eigenvalue weighted by atomic mass is 32.1. The van der Waals surface area contributed by atoms with Crippen LogP contribution < -0.4 is 16.6 Å². The van der Waals surface area contributed by atoms with Gasteiger partial charge in [-0.1, -0.05) is 17.7 Å². The van der Waals surface area contributed by atoms with Gasteiger partial charge < -0.3 is 10.7 Å². The van der Waals surface area contributed by atoms with Crippen LogP contribution in [-0.4, -0.2) is 11.5 Å². The van der Waals surface area contributed by atoms with Gasteiger partial charge in [-0.2, -0.15) is 0 Å². The molecule has 5 heteroatoms. The maximum atomic E-state index is 5.00. The van der Waals surface area contributed by atoms with Gasteiger partial charge >= 0.3 is 0 Å². The number of benzene rings is 1. The van der Waals surface area contributed by atoms with Crippen LogP contribution in [0.25, 0.3) is 0 Å². The Hall–Kier alpha value is -1.46. The van der Waals surface area contributed by atoms with E-state index in [2.05, 4.69) is 15.7 Å². The Labute approximate surface area is 88.2 Å². The summed E-state index contributed by atoms with van der Waals surface area (Å²) >= 11 is 4.93. The summed E-state index contributed by atoms with van der Waals surface area (Å²) in [6.07, 6.45) is 1.32. The summed E-state index contributed by atoms with van der Waals surface area (Å²) in [7, 11) is 0. The number of nitrogens with one attached hydrogen (secondary N) is 2. The maximum Gasteiger partial charge on any atom is 0.198 e. The quantitative estimate of drug-likeness (QED) is 0.224. The van der Waals surface area contributed by atoms with Gasteiger partial charge in [0.2, 0.25) is 0 Å². The van der Waals surface area contributed by atoms with E-state index in [9.17, 15) is 0 Å². The van der Waals surface area contributed by atoms with Crippen molar-refractivity contribution in [1.29, 1.82) is 0 Å². The van der Waals surface area contributed by atoms with Crippen molar-refractivity contribution < 1.29 is 0 Å². The summed E-state index contributed by atoms with van der Waals surface area (Å²) in [4.78, 5) is 3.82. The van der Waals surface area contributed by atoms with E-state index in [0.717, 1.165) is 5.69 Å². The molecule has 1 aromatic rings. The molecule has 0 aliphatic heterocycles. The summed E-state index contributed by atoms with van der Waals surface area (Å²) in [5.74, 6) is 5.00. The van der Waals surface area contributed by atoms with E-state index in [1.807, 2.05) is 31.2 Å². The van der Waals surface area contributed by atoms with Gasteiger partial charge in [-0.15, -0.1) is 0 Å². The van der Waals surface area contributed by atoms with Crippen LogP contribution in [0.4, 0.5) is 5.69 Å². The standard InChI is InChI=1S/C9H12N4S/c1-7-2-4-8(5-3-7)13-9(14)11-6-12-10/h2-6H,10H2,1H3,(H2,11,12,13,14). The normalized spacial score (nSPS) is 10.1. The molecule has 0 spiro atoms. The zero-order chi connectivity index (χ0) is 10.4. The molecule has 0 atom stereocenters. The van der Waals surface area contributed by atoms with Gasteiger partial charge in [0.05, 0.1) is 0 Å². The Morgan fingerprint density at radius 3 is 2.64 bits per heavy atom. The van der Waals surface area contributed by atoms with E-state index < -0.39 is 0 Å². The SMILES string of the molecule is Cc1ccc(NC(=S)N=CNN)cc1. The Balaban J connectivity index is 2.56. The summed E-state index contributed by atoms with van der Waals surface area (Å²) in [6, 6.07) is 7.87. The highest BCUT2D eigenvalue weighted by Crippen LogP contribution is 2.08. The average Bonchev–Trinajstić information content (AvgIpc) is 2.18. The van der Waals surface area contributed by atoms with Crippen LogP contribution in [0.3, 0.4) is 0 Å². The second-order valence-corrected chi connectivity index (χ2v) is 3.11. The van der Waals surface area contributed by atoms with Crippen LogP contribution in [0.2, 0.25) is 0 Å². The minimum Gasteiger partial charge on any atom is -0.331 e. The van der Waals surface area contributed by atoms with Crippen molar-refractivity contribution in [2.75, 3.05) is 5.32 Å². The summed E-state index contributed by atoms with van der Waals surface area (Å²) in [5.41, 5.74) is 4.39. The highest BCUT2D eigenvalue weighted by Gasteiger charge is 1.93. The van der Waals surface area contributed by atoms with Gasteiger partial charge in [-0.05, 0) is 31.3 Å². The zero-order valence-electron chi connectivity index (χ0n) is 7.82. The van der Waals surface area contributed by atoms with Crippen LogP contribution in [0.5, 0.6) is 0 Å². The molecule has 0 aromatic heterocycles. The van der Waals surface area contributed by atoms with Crippen molar-refractivity contribution in [3.63, 3.8) is 0 Å². The number of hydrogen-bond donors (Lipinski definition) is 3. The minimum absolute atomic E-state index is 0.367. The van der Waals surface area contributed by atoms with E-state index in [0.29, 0.717) is 5.11 Å². The Morgan fingerprint density at radius 1 is 1.43 bits per heavy atom. The first-order chi connectivity index (χ1) is 6.72. The number of thiocarbonyl (C=S) groups is 1. The molecular weight excluding hydrogens is 196 g/mol. The Kier molecular flexibility index (Phi) is 4.03. The number of aryl methyl sites for hydroxylation is 1. The molecule has 0 aliphatic carbocycles.